The normalized spacial score (nSPS) is 19.1. The van der Waals surface area contributed by atoms with E-state index in [0.29, 0.717) is 5.69 Å². The summed E-state index contributed by atoms with van der Waals surface area (Å²) in [6.07, 6.45) is 1.76. The third-order valence-electron chi connectivity index (χ3n) is 3.28. The van der Waals surface area contributed by atoms with Crippen LogP contribution in [0.15, 0.2) is 18.2 Å². The maximum Gasteiger partial charge on any atom is 0.244 e. The molecule has 5 heteroatoms. The zero-order chi connectivity index (χ0) is 13.3. The van der Waals surface area contributed by atoms with E-state index in [2.05, 4.69) is 0 Å². The van der Waals surface area contributed by atoms with Gasteiger partial charge in [-0.1, -0.05) is 0 Å². The summed E-state index contributed by atoms with van der Waals surface area (Å²) in [5.74, 6) is -0.290. The van der Waals surface area contributed by atoms with Gasteiger partial charge in [-0.25, -0.2) is 4.39 Å². The van der Waals surface area contributed by atoms with Crippen LogP contribution in [-0.4, -0.2) is 37.5 Å². The molecule has 1 aliphatic heterocycles. The number of hydrogen-bond donors (Lipinski definition) is 1. The lowest BCUT2D eigenvalue weighted by Crippen LogP contribution is -2.43. The highest BCUT2D eigenvalue weighted by Crippen LogP contribution is 2.31. The molecule has 0 spiro atoms. The third-order valence-corrected chi connectivity index (χ3v) is 3.28. The highest BCUT2D eigenvalue weighted by molar-refractivity contribution is 5.87. The summed E-state index contributed by atoms with van der Waals surface area (Å²) < 4.78 is 13.0. The number of benzene rings is 1. The second-order valence-electron chi connectivity index (χ2n) is 4.79. The number of carbonyl (C=O) groups excluding carboxylic acids is 1. The molecule has 1 unspecified atom stereocenters. The average molecular weight is 251 g/mol. The minimum absolute atomic E-state index is 0.0659. The van der Waals surface area contributed by atoms with E-state index < -0.39 is 0 Å². The lowest BCUT2D eigenvalue weighted by molar-refractivity contribution is -0.129. The van der Waals surface area contributed by atoms with E-state index in [1.54, 1.807) is 25.1 Å². The Hall–Kier alpha value is -1.78. The minimum Gasteiger partial charge on any atom is -0.397 e. The number of likely N-dealkylation sites (N-methyl/N-ethyl adjacent to an activating group) is 1. The van der Waals surface area contributed by atoms with Crippen molar-refractivity contribution in [2.45, 2.75) is 18.9 Å². The smallest absolute Gasteiger partial charge is 0.244 e. The monoisotopic (exact) mass is 251 g/mol. The SMILES string of the molecule is CN(C)C(=O)C1CCCN1c1ccc(F)cc1N. The van der Waals surface area contributed by atoms with Crippen molar-refractivity contribution in [1.82, 2.24) is 4.90 Å². The van der Waals surface area contributed by atoms with Crippen molar-refractivity contribution in [3.8, 4) is 0 Å². The molecule has 1 aliphatic rings. The zero-order valence-corrected chi connectivity index (χ0v) is 10.7. The first-order valence-corrected chi connectivity index (χ1v) is 6.03. The largest absolute Gasteiger partial charge is 0.397 e. The van der Waals surface area contributed by atoms with Gasteiger partial charge in [0.2, 0.25) is 5.91 Å². The molecule has 1 fully saturated rings. The lowest BCUT2D eigenvalue weighted by Gasteiger charge is -2.28. The summed E-state index contributed by atoms with van der Waals surface area (Å²) in [5.41, 5.74) is 6.96. The Morgan fingerprint density at radius 1 is 1.50 bits per heavy atom. The lowest BCUT2D eigenvalue weighted by atomic mass is 10.1. The van der Waals surface area contributed by atoms with E-state index in [1.807, 2.05) is 4.90 Å². The van der Waals surface area contributed by atoms with E-state index in [-0.39, 0.29) is 17.8 Å². The Labute approximate surface area is 106 Å². The fourth-order valence-corrected chi connectivity index (χ4v) is 2.40. The van der Waals surface area contributed by atoms with Gasteiger partial charge in [0.05, 0.1) is 11.4 Å². The van der Waals surface area contributed by atoms with Crippen LogP contribution in [0, 0.1) is 5.82 Å². The molecule has 1 heterocycles. The number of hydrogen-bond acceptors (Lipinski definition) is 3. The maximum atomic E-state index is 13.0. The van der Waals surface area contributed by atoms with Gasteiger partial charge < -0.3 is 15.5 Å². The van der Waals surface area contributed by atoms with Crippen LogP contribution in [0.3, 0.4) is 0 Å². The quantitative estimate of drug-likeness (QED) is 0.810. The van der Waals surface area contributed by atoms with Crippen molar-refractivity contribution < 1.29 is 9.18 Å². The Morgan fingerprint density at radius 2 is 2.22 bits per heavy atom. The van der Waals surface area contributed by atoms with Gasteiger partial charge in [-0.2, -0.15) is 0 Å². The van der Waals surface area contributed by atoms with Crippen LogP contribution in [0.5, 0.6) is 0 Å². The van der Waals surface area contributed by atoms with Gasteiger partial charge in [0.15, 0.2) is 0 Å². The molecular formula is C13H18FN3O. The number of nitrogens with two attached hydrogens (primary N) is 1. The molecule has 18 heavy (non-hydrogen) atoms. The molecular weight excluding hydrogens is 233 g/mol. The minimum atomic E-state index is -0.356. The predicted molar refractivity (Wildman–Crippen MR) is 69.9 cm³/mol. The van der Waals surface area contributed by atoms with Crippen molar-refractivity contribution >= 4 is 17.3 Å². The zero-order valence-electron chi connectivity index (χ0n) is 10.7. The number of nitrogens with zero attached hydrogens (tertiary/aromatic N) is 2. The van der Waals surface area contributed by atoms with Crippen LogP contribution >= 0.6 is 0 Å². The molecule has 4 nitrogen and oxygen atoms in total. The number of amides is 1. The van der Waals surface area contributed by atoms with Crippen LogP contribution in [0.25, 0.3) is 0 Å². The first-order chi connectivity index (χ1) is 8.50. The Morgan fingerprint density at radius 3 is 2.83 bits per heavy atom. The van der Waals surface area contributed by atoms with E-state index in [4.69, 9.17) is 5.73 Å². The topological polar surface area (TPSA) is 49.6 Å². The van der Waals surface area contributed by atoms with Gasteiger partial charge in [0, 0.05) is 20.6 Å². The standard InChI is InChI=1S/C13H18FN3O/c1-16(2)13(18)12-4-3-7-17(12)11-6-5-9(14)8-10(11)15/h5-6,8,12H,3-4,7,15H2,1-2H3. The molecule has 0 radical (unpaired) electrons. The molecule has 2 rings (SSSR count). The van der Waals surface area contributed by atoms with Crippen molar-refractivity contribution in [2.75, 3.05) is 31.3 Å². The molecule has 1 aromatic rings. The van der Waals surface area contributed by atoms with E-state index in [9.17, 15) is 9.18 Å². The number of anilines is 2. The van der Waals surface area contributed by atoms with Crippen LogP contribution in [0.4, 0.5) is 15.8 Å². The summed E-state index contributed by atoms with van der Waals surface area (Å²) in [5, 5.41) is 0. The summed E-state index contributed by atoms with van der Waals surface area (Å²) in [6, 6.07) is 4.13. The van der Waals surface area contributed by atoms with Gasteiger partial charge in [0.1, 0.15) is 11.9 Å². The van der Waals surface area contributed by atoms with Crippen molar-refractivity contribution in [3.05, 3.63) is 24.0 Å². The summed E-state index contributed by atoms with van der Waals surface area (Å²) in [6.45, 7) is 0.778. The molecule has 0 bridgehead atoms. The Bertz CT molecular complexity index is 462. The predicted octanol–water partition coefficient (Wildman–Crippen LogP) is 1.46. The average Bonchev–Trinajstić information content (AvgIpc) is 2.76. The molecule has 1 atom stereocenters. The Balaban J connectivity index is 2.29. The van der Waals surface area contributed by atoms with Crippen LogP contribution in [0.1, 0.15) is 12.8 Å². The molecule has 2 N–H and O–H groups in total. The van der Waals surface area contributed by atoms with Crippen LogP contribution < -0.4 is 10.6 Å². The van der Waals surface area contributed by atoms with Gasteiger partial charge in [-0.05, 0) is 31.0 Å². The second kappa shape index (κ2) is 4.84. The molecule has 0 aromatic heterocycles. The molecule has 1 amide bonds. The van der Waals surface area contributed by atoms with Crippen molar-refractivity contribution in [1.29, 1.82) is 0 Å². The fourth-order valence-electron chi connectivity index (χ4n) is 2.40. The number of halogens is 1. The van der Waals surface area contributed by atoms with Gasteiger partial charge >= 0.3 is 0 Å². The van der Waals surface area contributed by atoms with E-state index in [0.717, 1.165) is 25.1 Å². The van der Waals surface area contributed by atoms with Gasteiger partial charge in [-0.15, -0.1) is 0 Å². The van der Waals surface area contributed by atoms with Gasteiger partial charge in [0.25, 0.3) is 0 Å². The number of rotatable bonds is 2. The summed E-state index contributed by atoms with van der Waals surface area (Å²) in [4.78, 5) is 15.6. The summed E-state index contributed by atoms with van der Waals surface area (Å²) >= 11 is 0. The first-order valence-electron chi connectivity index (χ1n) is 6.03. The molecule has 0 saturated carbocycles. The van der Waals surface area contributed by atoms with Crippen molar-refractivity contribution in [3.63, 3.8) is 0 Å². The van der Waals surface area contributed by atoms with Crippen LogP contribution in [0.2, 0.25) is 0 Å². The van der Waals surface area contributed by atoms with Crippen LogP contribution in [-0.2, 0) is 4.79 Å². The van der Waals surface area contributed by atoms with E-state index in [1.165, 1.54) is 12.1 Å². The molecule has 0 aliphatic carbocycles. The first kappa shape index (κ1) is 12.7. The number of carbonyl (C=O) groups is 1. The highest BCUT2D eigenvalue weighted by Gasteiger charge is 2.32. The highest BCUT2D eigenvalue weighted by atomic mass is 19.1. The van der Waals surface area contributed by atoms with E-state index >= 15 is 0 Å². The molecule has 1 saturated heterocycles. The molecule has 98 valence electrons. The molecule has 1 aromatic carbocycles. The summed E-state index contributed by atoms with van der Waals surface area (Å²) in [7, 11) is 3.49. The second-order valence-corrected chi connectivity index (χ2v) is 4.79. The van der Waals surface area contributed by atoms with Gasteiger partial charge in [-0.3, -0.25) is 4.79 Å². The maximum absolute atomic E-state index is 13.0. The third kappa shape index (κ3) is 2.25. The van der Waals surface area contributed by atoms with Crippen molar-refractivity contribution in [2.24, 2.45) is 0 Å². The Kier molecular flexibility index (Phi) is 3.41. The number of nitrogen functional groups attached to an aromatic ring is 1. The fraction of sp³-hybridized carbons (Fsp3) is 0.462.